The first-order chi connectivity index (χ1) is 7.09. The SMILES string of the molecule is Cc1cc(O)cc(C)c1[C@@H](N)C1CCC1.Cl. The summed E-state index contributed by atoms with van der Waals surface area (Å²) in [7, 11) is 0. The lowest BCUT2D eigenvalue weighted by Crippen LogP contribution is -2.28. The minimum atomic E-state index is 0. The molecule has 0 saturated heterocycles. The van der Waals surface area contributed by atoms with Crippen LogP contribution in [-0.2, 0) is 0 Å². The monoisotopic (exact) mass is 241 g/mol. The van der Waals surface area contributed by atoms with Crippen LogP contribution in [0.1, 0.15) is 42.0 Å². The molecule has 0 radical (unpaired) electrons. The van der Waals surface area contributed by atoms with E-state index in [1.165, 1.54) is 24.8 Å². The van der Waals surface area contributed by atoms with E-state index in [0.29, 0.717) is 11.7 Å². The third kappa shape index (κ3) is 2.33. The fourth-order valence-corrected chi connectivity index (χ4v) is 2.51. The van der Waals surface area contributed by atoms with Gasteiger partial charge in [0, 0.05) is 6.04 Å². The molecule has 16 heavy (non-hydrogen) atoms. The molecule has 1 aliphatic carbocycles. The molecule has 0 amide bonds. The van der Waals surface area contributed by atoms with Gasteiger partial charge in [0.15, 0.2) is 0 Å². The zero-order chi connectivity index (χ0) is 11.0. The fourth-order valence-electron chi connectivity index (χ4n) is 2.51. The van der Waals surface area contributed by atoms with Crippen LogP contribution >= 0.6 is 12.4 Å². The van der Waals surface area contributed by atoms with E-state index in [-0.39, 0.29) is 18.4 Å². The van der Waals surface area contributed by atoms with Gasteiger partial charge in [0.1, 0.15) is 5.75 Å². The number of aromatic hydroxyl groups is 1. The van der Waals surface area contributed by atoms with Gasteiger partial charge in [-0.05, 0) is 61.4 Å². The Bertz CT molecular complexity index is 351. The van der Waals surface area contributed by atoms with Crippen LogP contribution < -0.4 is 5.73 Å². The van der Waals surface area contributed by atoms with Crippen LogP contribution in [0.25, 0.3) is 0 Å². The van der Waals surface area contributed by atoms with Crippen LogP contribution in [0, 0.1) is 19.8 Å². The average molecular weight is 242 g/mol. The molecule has 0 aromatic heterocycles. The van der Waals surface area contributed by atoms with Crippen molar-refractivity contribution in [3.63, 3.8) is 0 Å². The van der Waals surface area contributed by atoms with Gasteiger partial charge in [-0.2, -0.15) is 0 Å². The molecule has 2 rings (SSSR count). The number of halogens is 1. The molecule has 0 unspecified atom stereocenters. The molecule has 0 heterocycles. The smallest absolute Gasteiger partial charge is 0.116 e. The van der Waals surface area contributed by atoms with Crippen LogP contribution in [0.3, 0.4) is 0 Å². The highest BCUT2D eigenvalue weighted by atomic mass is 35.5. The van der Waals surface area contributed by atoms with Crippen LogP contribution in [0.4, 0.5) is 0 Å². The third-order valence-electron chi connectivity index (χ3n) is 3.57. The first-order valence-electron chi connectivity index (χ1n) is 5.65. The molecule has 0 spiro atoms. The number of aryl methyl sites for hydroxylation is 2. The zero-order valence-electron chi connectivity index (χ0n) is 9.86. The lowest BCUT2D eigenvalue weighted by molar-refractivity contribution is 0.263. The van der Waals surface area contributed by atoms with E-state index < -0.39 is 0 Å². The maximum Gasteiger partial charge on any atom is 0.116 e. The predicted octanol–water partition coefficient (Wildman–Crippen LogP) is 3.23. The quantitative estimate of drug-likeness (QED) is 0.835. The van der Waals surface area contributed by atoms with Gasteiger partial charge in [-0.1, -0.05) is 6.42 Å². The maximum absolute atomic E-state index is 9.47. The van der Waals surface area contributed by atoms with Crippen molar-refractivity contribution < 1.29 is 5.11 Å². The highest BCUT2D eigenvalue weighted by Crippen LogP contribution is 2.38. The summed E-state index contributed by atoms with van der Waals surface area (Å²) >= 11 is 0. The number of nitrogens with two attached hydrogens (primary N) is 1. The molecule has 1 aromatic carbocycles. The normalized spacial score (nSPS) is 17.4. The summed E-state index contributed by atoms with van der Waals surface area (Å²) in [6.45, 7) is 4.06. The number of phenolic OH excluding ortho intramolecular Hbond substituents is 1. The molecule has 1 aliphatic rings. The van der Waals surface area contributed by atoms with E-state index in [1.54, 1.807) is 12.1 Å². The Hall–Kier alpha value is -0.730. The molecule has 3 heteroatoms. The number of rotatable bonds is 2. The summed E-state index contributed by atoms with van der Waals surface area (Å²) in [5, 5.41) is 9.47. The summed E-state index contributed by atoms with van der Waals surface area (Å²) in [5.74, 6) is 0.988. The standard InChI is InChI=1S/C13H19NO.ClH/c1-8-6-11(15)7-9(2)12(8)13(14)10-4-3-5-10;/h6-7,10,13,15H,3-5,14H2,1-2H3;1H/t13-;/m0./s1. The van der Waals surface area contributed by atoms with Crippen molar-refractivity contribution in [3.05, 3.63) is 28.8 Å². The Kier molecular flexibility index (Phi) is 4.22. The number of hydrogen-bond acceptors (Lipinski definition) is 2. The Morgan fingerprint density at radius 1 is 1.25 bits per heavy atom. The molecule has 90 valence electrons. The molecule has 1 saturated carbocycles. The lowest BCUT2D eigenvalue weighted by Gasteiger charge is -2.33. The van der Waals surface area contributed by atoms with E-state index in [4.69, 9.17) is 5.73 Å². The van der Waals surface area contributed by atoms with Crippen molar-refractivity contribution in [3.8, 4) is 5.75 Å². The van der Waals surface area contributed by atoms with E-state index in [1.807, 2.05) is 13.8 Å². The first-order valence-corrected chi connectivity index (χ1v) is 5.65. The summed E-state index contributed by atoms with van der Waals surface area (Å²) < 4.78 is 0. The second kappa shape index (κ2) is 5.07. The molecule has 2 nitrogen and oxygen atoms in total. The average Bonchev–Trinajstić information content (AvgIpc) is 1.97. The van der Waals surface area contributed by atoms with Gasteiger partial charge in [0.25, 0.3) is 0 Å². The molecule has 0 bridgehead atoms. The summed E-state index contributed by atoms with van der Waals surface area (Å²) in [6.07, 6.45) is 3.82. The summed E-state index contributed by atoms with van der Waals surface area (Å²) in [4.78, 5) is 0. The van der Waals surface area contributed by atoms with Gasteiger partial charge < -0.3 is 10.8 Å². The van der Waals surface area contributed by atoms with E-state index >= 15 is 0 Å². The number of phenols is 1. The third-order valence-corrected chi connectivity index (χ3v) is 3.57. The van der Waals surface area contributed by atoms with Gasteiger partial charge in [-0.3, -0.25) is 0 Å². The number of hydrogen-bond donors (Lipinski definition) is 2. The molecule has 1 aromatic rings. The van der Waals surface area contributed by atoms with Gasteiger partial charge in [0.2, 0.25) is 0 Å². The molecular weight excluding hydrogens is 222 g/mol. The van der Waals surface area contributed by atoms with Crippen LogP contribution in [0.5, 0.6) is 5.75 Å². The van der Waals surface area contributed by atoms with Gasteiger partial charge in [-0.25, -0.2) is 0 Å². The van der Waals surface area contributed by atoms with E-state index in [9.17, 15) is 5.11 Å². The molecule has 3 N–H and O–H groups in total. The van der Waals surface area contributed by atoms with Crippen molar-refractivity contribution in [2.24, 2.45) is 11.7 Å². The van der Waals surface area contributed by atoms with Crippen LogP contribution in [0.2, 0.25) is 0 Å². The van der Waals surface area contributed by atoms with E-state index in [0.717, 1.165) is 11.1 Å². The minimum Gasteiger partial charge on any atom is -0.508 e. The molecule has 1 atom stereocenters. The van der Waals surface area contributed by atoms with Crippen molar-refractivity contribution in [1.82, 2.24) is 0 Å². The van der Waals surface area contributed by atoms with Gasteiger partial charge >= 0.3 is 0 Å². The predicted molar refractivity (Wildman–Crippen MR) is 69.1 cm³/mol. The van der Waals surface area contributed by atoms with Crippen molar-refractivity contribution >= 4 is 12.4 Å². The second-order valence-corrected chi connectivity index (χ2v) is 4.71. The van der Waals surface area contributed by atoms with Crippen molar-refractivity contribution in [2.75, 3.05) is 0 Å². The molecule has 1 fully saturated rings. The Balaban J connectivity index is 0.00000128. The highest BCUT2D eigenvalue weighted by molar-refractivity contribution is 5.85. The molecule has 0 aliphatic heterocycles. The topological polar surface area (TPSA) is 46.2 Å². The Morgan fingerprint density at radius 2 is 1.75 bits per heavy atom. The number of benzene rings is 1. The van der Waals surface area contributed by atoms with Gasteiger partial charge in [-0.15, -0.1) is 12.4 Å². The summed E-state index contributed by atoms with van der Waals surface area (Å²) in [5.41, 5.74) is 9.74. The van der Waals surface area contributed by atoms with E-state index in [2.05, 4.69) is 0 Å². The Labute approximate surface area is 103 Å². The first kappa shape index (κ1) is 13.3. The highest BCUT2D eigenvalue weighted by Gasteiger charge is 2.27. The maximum atomic E-state index is 9.47. The molecular formula is C13H20ClNO. The van der Waals surface area contributed by atoms with Gasteiger partial charge in [0.05, 0.1) is 0 Å². The summed E-state index contributed by atoms with van der Waals surface area (Å²) in [6, 6.07) is 3.76. The lowest BCUT2D eigenvalue weighted by atomic mass is 9.76. The minimum absolute atomic E-state index is 0. The Morgan fingerprint density at radius 3 is 2.12 bits per heavy atom. The largest absolute Gasteiger partial charge is 0.508 e. The van der Waals surface area contributed by atoms with Crippen molar-refractivity contribution in [1.29, 1.82) is 0 Å². The van der Waals surface area contributed by atoms with Crippen LogP contribution in [-0.4, -0.2) is 5.11 Å². The second-order valence-electron chi connectivity index (χ2n) is 4.71. The fraction of sp³-hybridized carbons (Fsp3) is 0.538. The van der Waals surface area contributed by atoms with Crippen LogP contribution in [0.15, 0.2) is 12.1 Å². The van der Waals surface area contributed by atoms with Crippen molar-refractivity contribution in [2.45, 2.75) is 39.2 Å². The zero-order valence-corrected chi connectivity index (χ0v) is 10.7.